The van der Waals surface area contributed by atoms with E-state index in [9.17, 15) is 4.39 Å². The second-order valence-corrected chi connectivity index (χ2v) is 3.70. The van der Waals surface area contributed by atoms with E-state index >= 15 is 0 Å². The van der Waals surface area contributed by atoms with Gasteiger partial charge in [-0.25, -0.2) is 4.39 Å². The Morgan fingerprint density at radius 3 is 2.73 bits per heavy atom. The molecule has 0 saturated carbocycles. The minimum Gasteiger partial charge on any atom is -0.468 e. The van der Waals surface area contributed by atoms with Crippen molar-refractivity contribution in [3.05, 3.63) is 47.1 Å². The standard InChI is InChI=1S/C11H11FN2O/c12-8-3-1-7(2-4-8)11-14-9-5-13-6-10(9)15-11/h1-4,11,13-14H,5-6H2. The highest BCUT2D eigenvalue weighted by Crippen LogP contribution is 2.28. The van der Waals surface area contributed by atoms with E-state index in [1.165, 1.54) is 12.1 Å². The summed E-state index contributed by atoms with van der Waals surface area (Å²) >= 11 is 0. The van der Waals surface area contributed by atoms with Gasteiger partial charge in [-0.05, 0) is 12.1 Å². The molecule has 0 saturated heterocycles. The van der Waals surface area contributed by atoms with Crippen LogP contribution in [0.2, 0.25) is 0 Å². The molecule has 1 aromatic rings. The van der Waals surface area contributed by atoms with Gasteiger partial charge in [0.25, 0.3) is 0 Å². The number of nitrogens with one attached hydrogen (secondary N) is 2. The number of hydrogen-bond acceptors (Lipinski definition) is 3. The number of rotatable bonds is 1. The fourth-order valence-corrected chi connectivity index (χ4v) is 1.87. The van der Waals surface area contributed by atoms with Crippen molar-refractivity contribution in [3.63, 3.8) is 0 Å². The van der Waals surface area contributed by atoms with Crippen LogP contribution in [0.1, 0.15) is 11.8 Å². The molecule has 2 N–H and O–H groups in total. The van der Waals surface area contributed by atoms with Gasteiger partial charge in [0.1, 0.15) is 11.6 Å². The van der Waals surface area contributed by atoms with E-state index in [-0.39, 0.29) is 12.0 Å². The van der Waals surface area contributed by atoms with Crippen molar-refractivity contribution in [1.82, 2.24) is 10.6 Å². The summed E-state index contributed by atoms with van der Waals surface area (Å²) in [6.45, 7) is 1.60. The van der Waals surface area contributed by atoms with Gasteiger partial charge >= 0.3 is 0 Å². The van der Waals surface area contributed by atoms with Crippen LogP contribution in [-0.4, -0.2) is 13.1 Å². The lowest BCUT2D eigenvalue weighted by molar-refractivity contribution is 0.124. The maximum atomic E-state index is 12.7. The Kier molecular flexibility index (Phi) is 1.89. The molecular weight excluding hydrogens is 195 g/mol. The van der Waals surface area contributed by atoms with E-state index in [2.05, 4.69) is 10.6 Å². The maximum absolute atomic E-state index is 12.7. The summed E-state index contributed by atoms with van der Waals surface area (Å²) in [5.41, 5.74) is 2.06. The number of halogens is 1. The van der Waals surface area contributed by atoms with E-state index in [0.717, 1.165) is 30.1 Å². The van der Waals surface area contributed by atoms with Crippen LogP contribution in [0.3, 0.4) is 0 Å². The topological polar surface area (TPSA) is 33.3 Å². The quantitative estimate of drug-likeness (QED) is 0.725. The van der Waals surface area contributed by atoms with Crippen molar-refractivity contribution in [1.29, 1.82) is 0 Å². The van der Waals surface area contributed by atoms with Crippen LogP contribution in [-0.2, 0) is 4.74 Å². The van der Waals surface area contributed by atoms with Gasteiger partial charge in [0.05, 0.1) is 12.2 Å². The Hall–Kier alpha value is -1.55. The molecule has 3 rings (SSSR count). The van der Waals surface area contributed by atoms with E-state index in [1.54, 1.807) is 12.1 Å². The molecule has 0 radical (unpaired) electrons. The number of hydrogen-bond donors (Lipinski definition) is 2. The minimum atomic E-state index is -0.223. The van der Waals surface area contributed by atoms with Crippen LogP contribution >= 0.6 is 0 Å². The summed E-state index contributed by atoms with van der Waals surface area (Å²) in [5.74, 6) is 0.753. The van der Waals surface area contributed by atoms with Crippen molar-refractivity contribution in [3.8, 4) is 0 Å². The molecule has 0 aromatic heterocycles. The van der Waals surface area contributed by atoms with Gasteiger partial charge in [-0.1, -0.05) is 12.1 Å². The highest BCUT2D eigenvalue weighted by Gasteiger charge is 2.28. The third-order valence-electron chi connectivity index (χ3n) is 2.66. The van der Waals surface area contributed by atoms with Gasteiger partial charge < -0.3 is 15.4 Å². The normalized spacial score (nSPS) is 23.7. The molecule has 0 spiro atoms. The summed E-state index contributed by atoms with van der Waals surface area (Å²) in [4.78, 5) is 0. The summed E-state index contributed by atoms with van der Waals surface area (Å²) < 4.78 is 18.4. The first-order valence-electron chi connectivity index (χ1n) is 4.94. The first kappa shape index (κ1) is 8.73. The van der Waals surface area contributed by atoms with Gasteiger partial charge in [0, 0.05) is 12.1 Å². The molecule has 4 heteroatoms. The second kappa shape index (κ2) is 3.24. The first-order valence-corrected chi connectivity index (χ1v) is 4.94. The van der Waals surface area contributed by atoms with E-state index in [1.807, 2.05) is 0 Å². The van der Waals surface area contributed by atoms with Crippen molar-refractivity contribution in [2.45, 2.75) is 6.23 Å². The zero-order chi connectivity index (χ0) is 10.3. The average Bonchev–Trinajstić information content (AvgIpc) is 2.78. The third-order valence-corrected chi connectivity index (χ3v) is 2.66. The number of benzene rings is 1. The van der Waals surface area contributed by atoms with Crippen molar-refractivity contribution < 1.29 is 9.13 Å². The maximum Gasteiger partial charge on any atom is 0.196 e. The average molecular weight is 206 g/mol. The van der Waals surface area contributed by atoms with E-state index in [0.29, 0.717) is 0 Å². The lowest BCUT2D eigenvalue weighted by Crippen LogP contribution is -2.23. The SMILES string of the molecule is Fc1ccc(C2NC3=C(CNC3)O2)cc1. The molecule has 2 aliphatic rings. The zero-order valence-electron chi connectivity index (χ0n) is 8.09. The molecule has 0 fully saturated rings. The Labute approximate surface area is 86.9 Å². The van der Waals surface area contributed by atoms with Crippen LogP contribution in [0, 0.1) is 5.82 Å². The molecular formula is C11H11FN2O. The number of ether oxygens (including phenoxy) is 1. The molecule has 78 valence electrons. The largest absolute Gasteiger partial charge is 0.468 e. The van der Waals surface area contributed by atoms with Crippen molar-refractivity contribution in [2.75, 3.05) is 13.1 Å². The predicted octanol–water partition coefficient (Wildman–Crippen LogP) is 1.26. The molecule has 2 aliphatic heterocycles. The Morgan fingerprint density at radius 2 is 2.00 bits per heavy atom. The Bertz CT molecular complexity index is 397. The summed E-state index contributed by atoms with van der Waals surface area (Å²) in [6, 6.07) is 6.37. The smallest absolute Gasteiger partial charge is 0.196 e. The van der Waals surface area contributed by atoms with Crippen LogP contribution in [0.4, 0.5) is 4.39 Å². The third kappa shape index (κ3) is 1.47. The van der Waals surface area contributed by atoms with E-state index in [4.69, 9.17) is 4.74 Å². The Balaban J connectivity index is 1.79. The van der Waals surface area contributed by atoms with Gasteiger partial charge in [0.15, 0.2) is 6.23 Å². The second-order valence-electron chi connectivity index (χ2n) is 3.70. The molecule has 15 heavy (non-hydrogen) atoms. The zero-order valence-corrected chi connectivity index (χ0v) is 8.09. The molecule has 0 amide bonds. The van der Waals surface area contributed by atoms with Crippen LogP contribution < -0.4 is 10.6 Å². The minimum absolute atomic E-state index is 0.155. The molecule has 0 aliphatic carbocycles. The molecule has 0 bridgehead atoms. The van der Waals surface area contributed by atoms with Crippen molar-refractivity contribution in [2.24, 2.45) is 0 Å². The Morgan fingerprint density at radius 1 is 1.20 bits per heavy atom. The van der Waals surface area contributed by atoms with Gasteiger partial charge in [0.2, 0.25) is 0 Å². The molecule has 3 nitrogen and oxygen atoms in total. The summed E-state index contributed by atoms with van der Waals surface area (Å²) in [5, 5.41) is 6.44. The van der Waals surface area contributed by atoms with E-state index < -0.39 is 0 Å². The summed E-state index contributed by atoms with van der Waals surface area (Å²) in [7, 11) is 0. The van der Waals surface area contributed by atoms with Crippen molar-refractivity contribution >= 4 is 0 Å². The predicted molar refractivity (Wildman–Crippen MR) is 53.3 cm³/mol. The van der Waals surface area contributed by atoms with Crippen LogP contribution in [0.25, 0.3) is 0 Å². The van der Waals surface area contributed by atoms with Crippen LogP contribution in [0.5, 0.6) is 0 Å². The molecule has 2 heterocycles. The summed E-state index contributed by atoms with van der Waals surface area (Å²) in [6.07, 6.45) is -0.155. The van der Waals surface area contributed by atoms with Crippen LogP contribution in [0.15, 0.2) is 35.7 Å². The first-order chi connectivity index (χ1) is 7.33. The van der Waals surface area contributed by atoms with Gasteiger partial charge in [-0.3, -0.25) is 0 Å². The van der Waals surface area contributed by atoms with Gasteiger partial charge in [-0.15, -0.1) is 0 Å². The lowest BCUT2D eigenvalue weighted by Gasteiger charge is -2.15. The molecule has 1 aromatic carbocycles. The molecule has 1 unspecified atom stereocenters. The lowest BCUT2D eigenvalue weighted by atomic mass is 10.2. The highest BCUT2D eigenvalue weighted by atomic mass is 19.1. The van der Waals surface area contributed by atoms with Gasteiger partial charge in [-0.2, -0.15) is 0 Å². The fourth-order valence-electron chi connectivity index (χ4n) is 1.87. The highest BCUT2D eigenvalue weighted by molar-refractivity contribution is 5.26. The fraction of sp³-hybridized carbons (Fsp3) is 0.273. The monoisotopic (exact) mass is 206 g/mol. The molecule has 1 atom stereocenters.